The molecule has 3 nitrogen and oxygen atoms in total. The molecule has 1 fully saturated rings. The summed E-state index contributed by atoms with van der Waals surface area (Å²) in [6.45, 7) is 7.03. The fourth-order valence-corrected chi connectivity index (χ4v) is 1.88. The van der Waals surface area contributed by atoms with Crippen LogP contribution in [-0.2, 0) is 0 Å². The predicted octanol–water partition coefficient (Wildman–Crippen LogP) is 0.217. The molecule has 1 aliphatic heterocycles. The van der Waals surface area contributed by atoms with Crippen molar-refractivity contribution in [2.24, 2.45) is 11.7 Å². The van der Waals surface area contributed by atoms with Gasteiger partial charge in [0.1, 0.15) is 0 Å². The van der Waals surface area contributed by atoms with Crippen LogP contribution in [0.3, 0.4) is 0 Å². The van der Waals surface area contributed by atoms with Gasteiger partial charge in [0.25, 0.3) is 0 Å². The molecule has 0 unspecified atom stereocenters. The van der Waals surface area contributed by atoms with E-state index < -0.39 is 0 Å². The van der Waals surface area contributed by atoms with Gasteiger partial charge in [-0.05, 0) is 39.9 Å². The second-order valence-electron chi connectivity index (χ2n) is 4.65. The van der Waals surface area contributed by atoms with Crippen LogP contribution in [0.1, 0.15) is 13.3 Å². The quantitative estimate of drug-likeness (QED) is 0.665. The highest BCUT2D eigenvalue weighted by molar-refractivity contribution is 4.81. The number of rotatable bonds is 5. The Morgan fingerprint density at radius 2 is 2.08 bits per heavy atom. The molecule has 0 aliphatic carbocycles. The minimum absolute atomic E-state index is 0.355. The number of hydrogen-bond donors (Lipinski definition) is 1. The van der Waals surface area contributed by atoms with Gasteiger partial charge >= 0.3 is 0 Å². The van der Waals surface area contributed by atoms with Crippen molar-refractivity contribution in [3.8, 4) is 0 Å². The molecule has 1 atom stereocenters. The molecule has 78 valence electrons. The third-order valence-electron chi connectivity index (χ3n) is 2.56. The summed E-state index contributed by atoms with van der Waals surface area (Å²) in [4.78, 5) is 4.77. The Labute approximate surface area is 81.9 Å². The zero-order chi connectivity index (χ0) is 9.84. The Balaban J connectivity index is 1.98. The van der Waals surface area contributed by atoms with E-state index in [0.29, 0.717) is 6.04 Å². The Morgan fingerprint density at radius 1 is 1.46 bits per heavy atom. The van der Waals surface area contributed by atoms with Crippen molar-refractivity contribution in [3.63, 3.8) is 0 Å². The monoisotopic (exact) mass is 185 g/mol. The van der Waals surface area contributed by atoms with E-state index in [-0.39, 0.29) is 0 Å². The summed E-state index contributed by atoms with van der Waals surface area (Å²) in [5.74, 6) is 0.892. The third-order valence-corrected chi connectivity index (χ3v) is 2.56. The van der Waals surface area contributed by atoms with E-state index in [2.05, 4.69) is 30.8 Å². The highest BCUT2D eigenvalue weighted by atomic mass is 15.2. The smallest absolute Gasteiger partial charge is 0.00343 e. The molecule has 0 radical (unpaired) electrons. The third kappa shape index (κ3) is 4.07. The first-order valence-electron chi connectivity index (χ1n) is 5.20. The summed E-state index contributed by atoms with van der Waals surface area (Å²) in [6, 6.07) is 0.355. The zero-order valence-electron chi connectivity index (χ0n) is 9.16. The molecule has 1 rings (SSSR count). The van der Waals surface area contributed by atoms with Crippen LogP contribution in [0.25, 0.3) is 0 Å². The van der Waals surface area contributed by atoms with Crippen molar-refractivity contribution in [2.45, 2.75) is 19.4 Å². The number of likely N-dealkylation sites (tertiary alicyclic amines) is 1. The van der Waals surface area contributed by atoms with Crippen molar-refractivity contribution >= 4 is 0 Å². The molecule has 0 aromatic carbocycles. The molecule has 1 aliphatic rings. The van der Waals surface area contributed by atoms with E-state index in [9.17, 15) is 0 Å². The number of hydrogen-bond acceptors (Lipinski definition) is 3. The summed E-state index contributed by atoms with van der Waals surface area (Å²) in [5, 5.41) is 0. The lowest BCUT2D eigenvalue weighted by molar-refractivity contribution is 0.0777. The van der Waals surface area contributed by atoms with Crippen molar-refractivity contribution in [1.82, 2.24) is 9.80 Å². The average molecular weight is 185 g/mol. The molecule has 0 aromatic rings. The van der Waals surface area contributed by atoms with Gasteiger partial charge in [0, 0.05) is 25.7 Å². The van der Waals surface area contributed by atoms with Crippen LogP contribution in [0, 0.1) is 5.92 Å². The van der Waals surface area contributed by atoms with Gasteiger partial charge in [-0.3, -0.25) is 0 Å². The topological polar surface area (TPSA) is 32.5 Å². The lowest BCUT2D eigenvalue weighted by Gasteiger charge is -2.40. The average Bonchev–Trinajstić information content (AvgIpc) is 1.92. The molecule has 1 heterocycles. The van der Waals surface area contributed by atoms with Crippen LogP contribution >= 0.6 is 0 Å². The molecule has 13 heavy (non-hydrogen) atoms. The van der Waals surface area contributed by atoms with E-state index in [1.54, 1.807) is 0 Å². The second-order valence-corrected chi connectivity index (χ2v) is 4.65. The van der Waals surface area contributed by atoms with Crippen LogP contribution in [0.4, 0.5) is 0 Å². The van der Waals surface area contributed by atoms with Gasteiger partial charge in [0.2, 0.25) is 0 Å². The van der Waals surface area contributed by atoms with Gasteiger partial charge in [-0.2, -0.15) is 0 Å². The van der Waals surface area contributed by atoms with Gasteiger partial charge in [-0.15, -0.1) is 0 Å². The largest absolute Gasteiger partial charge is 0.328 e. The maximum absolute atomic E-state index is 5.70. The van der Waals surface area contributed by atoms with Crippen LogP contribution < -0.4 is 5.73 Å². The molecular weight excluding hydrogens is 162 g/mol. The molecular formula is C10H23N3. The highest BCUT2D eigenvalue weighted by Crippen LogP contribution is 2.16. The summed E-state index contributed by atoms with van der Waals surface area (Å²) in [7, 11) is 4.29. The lowest BCUT2D eigenvalue weighted by Crippen LogP contribution is -2.51. The molecule has 2 N–H and O–H groups in total. The molecule has 0 spiro atoms. The van der Waals surface area contributed by atoms with Crippen LogP contribution in [0.5, 0.6) is 0 Å². The van der Waals surface area contributed by atoms with E-state index >= 15 is 0 Å². The first kappa shape index (κ1) is 11.0. The van der Waals surface area contributed by atoms with E-state index in [4.69, 9.17) is 5.73 Å². The maximum atomic E-state index is 5.70. The second kappa shape index (κ2) is 4.94. The number of nitrogens with two attached hydrogens (primary N) is 1. The predicted molar refractivity (Wildman–Crippen MR) is 56.8 cm³/mol. The van der Waals surface area contributed by atoms with Crippen molar-refractivity contribution < 1.29 is 0 Å². The van der Waals surface area contributed by atoms with Crippen molar-refractivity contribution in [3.05, 3.63) is 0 Å². The number of nitrogens with zero attached hydrogens (tertiary/aromatic N) is 2. The summed E-state index contributed by atoms with van der Waals surface area (Å²) in [6.07, 6.45) is 1.13. The van der Waals surface area contributed by atoms with Crippen LogP contribution in [0.15, 0.2) is 0 Å². The molecule has 0 saturated carbocycles. The first-order valence-corrected chi connectivity index (χ1v) is 5.20. The van der Waals surface area contributed by atoms with Gasteiger partial charge in [0.05, 0.1) is 0 Å². The van der Waals surface area contributed by atoms with E-state index in [1.807, 2.05) is 0 Å². The Bertz CT molecular complexity index is 139. The SMILES string of the molecule is C[C@@H](N)CCN1CC(CN(C)C)C1. The summed E-state index contributed by atoms with van der Waals surface area (Å²) in [5.41, 5.74) is 5.70. The molecule has 0 amide bonds. The molecule has 0 aromatic heterocycles. The Kier molecular flexibility index (Phi) is 4.16. The molecule has 0 bridgehead atoms. The van der Waals surface area contributed by atoms with Gasteiger partial charge in [0.15, 0.2) is 0 Å². The first-order chi connectivity index (χ1) is 6.08. The standard InChI is InChI=1S/C10H23N3/c1-9(11)4-5-13-7-10(8-13)6-12(2)3/h9-10H,4-8,11H2,1-3H3/t9-/m1/s1. The normalized spacial score (nSPS) is 21.9. The van der Waals surface area contributed by atoms with Gasteiger partial charge < -0.3 is 15.5 Å². The van der Waals surface area contributed by atoms with Crippen molar-refractivity contribution in [1.29, 1.82) is 0 Å². The van der Waals surface area contributed by atoms with Crippen molar-refractivity contribution in [2.75, 3.05) is 40.3 Å². The Hall–Kier alpha value is -0.120. The van der Waals surface area contributed by atoms with Gasteiger partial charge in [-0.1, -0.05) is 0 Å². The van der Waals surface area contributed by atoms with Crippen LogP contribution in [0.2, 0.25) is 0 Å². The van der Waals surface area contributed by atoms with Gasteiger partial charge in [-0.25, -0.2) is 0 Å². The van der Waals surface area contributed by atoms with Crippen LogP contribution in [-0.4, -0.2) is 56.1 Å². The molecule has 1 saturated heterocycles. The maximum Gasteiger partial charge on any atom is 0.00343 e. The fraction of sp³-hybridized carbons (Fsp3) is 1.00. The summed E-state index contributed by atoms with van der Waals surface area (Å²) < 4.78 is 0. The zero-order valence-corrected chi connectivity index (χ0v) is 9.16. The Morgan fingerprint density at radius 3 is 2.54 bits per heavy atom. The lowest BCUT2D eigenvalue weighted by atomic mass is 9.99. The highest BCUT2D eigenvalue weighted by Gasteiger charge is 2.26. The van der Waals surface area contributed by atoms with E-state index in [1.165, 1.54) is 26.2 Å². The minimum Gasteiger partial charge on any atom is -0.328 e. The van der Waals surface area contributed by atoms with E-state index in [0.717, 1.165) is 12.3 Å². The minimum atomic E-state index is 0.355. The molecule has 3 heteroatoms. The summed E-state index contributed by atoms with van der Waals surface area (Å²) >= 11 is 0. The fourth-order valence-electron chi connectivity index (χ4n) is 1.88.